The van der Waals surface area contributed by atoms with Crippen LogP contribution in [-0.2, 0) is 9.47 Å². The van der Waals surface area contributed by atoms with E-state index >= 15 is 0 Å². The van der Waals surface area contributed by atoms with Crippen LogP contribution in [-0.4, -0.2) is 211 Å². The van der Waals surface area contributed by atoms with E-state index in [9.17, 15) is 14.4 Å². The van der Waals surface area contributed by atoms with E-state index in [1.165, 1.54) is 0 Å². The van der Waals surface area contributed by atoms with Crippen LogP contribution >= 0.6 is 0 Å². The molecule has 0 aromatic carbocycles. The molecule has 11 heteroatoms. The number of carboxylic acid groups (broad SMARTS) is 2. The molecule has 0 heterocycles. The smallest absolute Gasteiger partial charge is 1.00 e. The second-order valence-electron chi connectivity index (χ2n) is 0.986. The zero-order valence-electron chi connectivity index (χ0n) is 15.3. The van der Waals surface area contributed by atoms with E-state index in [-0.39, 0.29) is 193 Å². The van der Waals surface area contributed by atoms with Gasteiger partial charge in [-0.2, -0.15) is 0 Å². The average Bonchev–Trinajstić information content (AvgIpc) is 1.58. The van der Waals surface area contributed by atoms with E-state index in [0.717, 1.165) is 0 Å². The van der Waals surface area contributed by atoms with Crippen molar-refractivity contribution in [3.8, 4) is 0 Å². The monoisotopic (exact) mass is 510 g/mol. The Labute approximate surface area is 239 Å². The van der Waals surface area contributed by atoms with Crippen LogP contribution in [0.4, 0.5) is 14.4 Å². The molecule has 0 aliphatic rings. The van der Waals surface area contributed by atoms with Gasteiger partial charge in [0, 0.05) is 0 Å². The standard InChI is InChI=1S/C3H2O7.4Sr.8H/c4-1(5)9-3(8)10-2(6)7;;;;;;;;;;;;/h(H,4,5)(H,6,7);;;;;;;;;;;;/q;4*+2;8*-1. The molecule has 0 saturated carbocycles. The van der Waals surface area contributed by atoms with Crippen molar-refractivity contribution in [2.45, 2.75) is 0 Å². The van der Waals surface area contributed by atoms with Crippen molar-refractivity contribution in [1.29, 1.82) is 0 Å². The first-order chi connectivity index (χ1) is 4.52. The first-order valence-electron chi connectivity index (χ1n) is 1.88. The number of hydrogen-bond donors (Lipinski definition) is 2. The Morgan fingerprint density at radius 2 is 1.00 bits per heavy atom. The molecule has 0 radical (unpaired) electrons. The zero-order chi connectivity index (χ0) is 8.15. The van der Waals surface area contributed by atoms with E-state index in [1.54, 1.807) is 0 Å². The second kappa shape index (κ2) is 19.5. The van der Waals surface area contributed by atoms with Crippen LogP contribution in [0.2, 0.25) is 0 Å². The molecule has 0 unspecified atom stereocenters. The molecule has 72 valence electrons. The first-order valence-corrected chi connectivity index (χ1v) is 1.88. The summed E-state index contributed by atoms with van der Waals surface area (Å²) in [6.45, 7) is 0. The number of rotatable bonds is 0. The molecule has 14 heavy (non-hydrogen) atoms. The van der Waals surface area contributed by atoms with Crippen molar-refractivity contribution >= 4 is 200 Å². The molecule has 0 aliphatic heterocycles. The second-order valence-corrected chi connectivity index (χ2v) is 0.986. The molecule has 0 atom stereocenters. The first kappa shape index (κ1) is 30.9. The van der Waals surface area contributed by atoms with Crippen molar-refractivity contribution in [2.75, 3.05) is 0 Å². The van der Waals surface area contributed by atoms with Crippen molar-refractivity contribution in [3.05, 3.63) is 0 Å². The van der Waals surface area contributed by atoms with Crippen LogP contribution in [0.1, 0.15) is 11.4 Å². The molecule has 0 spiro atoms. The van der Waals surface area contributed by atoms with Gasteiger partial charge in [0.25, 0.3) is 0 Å². The Hall–Kier alpha value is 4.13. The summed E-state index contributed by atoms with van der Waals surface area (Å²) in [5, 5.41) is 15.4. The van der Waals surface area contributed by atoms with Crippen LogP contribution < -0.4 is 0 Å². The van der Waals surface area contributed by atoms with Crippen LogP contribution in [0.25, 0.3) is 0 Å². The van der Waals surface area contributed by atoms with E-state index < -0.39 is 18.5 Å². The number of carbonyl (C=O) groups excluding carboxylic acids is 1. The third-order valence-corrected chi connectivity index (χ3v) is 0.341. The van der Waals surface area contributed by atoms with Crippen LogP contribution in [0.3, 0.4) is 0 Å². The van der Waals surface area contributed by atoms with Gasteiger partial charge < -0.3 is 31.1 Å². The summed E-state index contributed by atoms with van der Waals surface area (Å²) < 4.78 is 6.47. The Morgan fingerprint density at radius 3 is 1.14 bits per heavy atom. The molecule has 0 bridgehead atoms. The number of carbonyl (C=O) groups is 3. The zero-order valence-corrected chi connectivity index (χ0v) is 21.2. The minimum atomic E-state index is -1.92. The van der Waals surface area contributed by atoms with Crippen molar-refractivity contribution in [1.82, 2.24) is 0 Å². The third-order valence-electron chi connectivity index (χ3n) is 0.341. The normalized spacial score (nSPS) is 5.71. The Kier molecular flexibility index (Phi) is 42.9. The quantitative estimate of drug-likeness (QED) is 0.267. The summed E-state index contributed by atoms with van der Waals surface area (Å²) in [6.07, 6.45) is -5.64. The van der Waals surface area contributed by atoms with Crippen molar-refractivity contribution < 1.29 is 45.5 Å². The minimum Gasteiger partial charge on any atom is -1.00 e. The van der Waals surface area contributed by atoms with E-state index in [0.29, 0.717) is 0 Å². The molecule has 0 aromatic heterocycles. The Morgan fingerprint density at radius 1 is 0.786 bits per heavy atom. The maximum atomic E-state index is 9.86. The fourth-order valence-corrected chi connectivity index (χ4v) is 0.163. The van der Waals surface area contributed by atoms with Gasteiger partial charge in [0.15, 0.2) is 0 Å². The maximum Gasteiger partial charge on any atom is 2.00 e. The van der Waals surface area contributed by atoms with Gasteiger partial charge in [-0.3, -0.25) is 0 Å². The molecular formula is C3H10O7Sr4. The average molecular weight is 509 g/mol. The van der Waals surface area contributed by atoms with Gasteiger partial charge in [0.05, 0.1) is 0 Å². The van der Waals surface area contributed by atoms with Gasteiger partial charge in [-0.15, -0.1) is 0 Å². The summed E-state index contributed by atoms with van der Waals surface area (Å²) in [5.41, 5.74) is 0. The summed E-state index contributed by atoms with van der Waals surface area (Å²) in [4.78, 5) is 28.8. The fraction of sp³-hybridized carbons (Fsp3) is 0. The predicted molar refractivity (Wildman–Crippen MR) is 55.5 cm³/mol. The van der Waals surface area contributed by atoms with Crippen LogP contribution in [0, 0.1) is 0 Å². The predicted octanol–water partition coefficient (Wildman–Crippen LogP) is -0.128. The molecular weight excluding hydrogens is 499 g/mol. The van der Waals surface area contributed by atoms with E-state index in [2.05, 4.69) is 9.47 Å². The van der Waals surface area contributed by atoms with Crippen LogP contribution in [0.5, 0.6) is 0 Å². The largest absolute Gasteiger partial charge is 2.00 e. The van der Waals surface area contributed by atoms with Crippen molar-refractivity contribution in [2.24, 2.45) is 0 Å². The van der Waals surface area contributed by atoms with Gasteiger partial charge in [-0.05, 0) is 0 Å². The molecule has 0 rings (SSSR count). The molecule has 0 amide bonds. The minimum absolute atomic E-state index is 0. The molecule has 0 fully saturated rings. The Balaban J connectivity index is -0.00000000614. The summed E-state index contributed by atoms with van der Waals surface area (Å²) >= 11 is 0. The van der Waals surface area contributed by atoms with Gasteiger partial charge in [0.1, 0.15) is 0 Å². The molecule has 0 aromatic rings. The fourth-order valence-electron chi connectivity index (χ4n) is 0.163. The van der Waals surface area contributed by atoms with Crippen molar-refractivity contribution in [3.63, 3.8) is 0 Å². The Bertz CT molecular complexity index is 185. The molecule has 0 aliphatic carbocycles. The topological polar surface area (TPSA) is 110 Å². The molecule has 0 saturated heterocycles. The van der Waals surface area contributed by atoms with Gasteiger partial charge in [-0.25, -0.2) is 14.4 Å². The number of ether oxygens (including phenoxy) is 2. The van der Waals surface area contributed by atoms with E-state index in [4.69, 9.17) is 10.2 Å². The molecule has 7 nitrogen and oxygen atoms in total. The third kappa shape index (κ3) is 25.1. The van der Waals surface area contributed by atoms with Gasteiger partial charge >= 0.3 is 200 Å². The van der Waals surface area contributed by atoms with Gasteiger partial charge in [-0.1, -0.05) is 0 Å². The number of hydrogen-bond acceptors (Lipinski definition) is 5. The maximum absolute atomic E-state index is 9.86. The van der Waals surface area contributed by atoms with Crippen LogP contribution in [0.15, 0.2) is 0 Å². The molecule has 2 N–H and O–H groups in total. The summed E-state index contributed by atoms with van der Waals surface area (Å²) in [7, 11) is 0. The van der Waals surface area contributed by atoms with E-state index in [1.807, 2.05) is 0 Å². The summed E-state index contributed by atoms with van der Waals surface area (Å²) in [5.74, 6) is 0. The van der Waals surface area contributed by atoms with Gasteiger partial charge in [0.2, 0.25) is 0 Å². The SMILES string of the molecule is O=C(O)OC(=O)OC(=O)O.[H-].[H-].[H-].[H-].[H-].[H-].[H-].[H-].[Sr+2].[Sr+2].[Sr+2].[Sr+2]. The summed E-state index contributed by atoms with van der Waals surface area (Å²) in [6, 6.07) is 0.